The third-order valence-electron chi connectivity index (χ3n) is 3.15. The van der Waals surface area contributed by atoms with Gasteiger partial charge in [-0.15, -0.1) is 5.10 Å². The summed E-state index contributed by atoms with van der Waals surface area (Å²) in [6.45, 7) is 0. The van der Waals surface area contributed by atoms with Gasteiger partial charge in [0.25, 0.3) is 5.19 Å². The zero-order valence-corrected chi connectivity index (χ0v) is 11.7. The average Bonchev–Trinajstić information content (AvgIpc) is 3.06. The molecule has 1 aliphatic rings. The molecule has 2 aromatic heterocycles. The zero-order chi connectivity index (χ0) is 13.9. The number of fused-ring (bicyclic) bond motifs is 1. The van der Waals surface area contributed by atoms with Crippen LogP contribution in [0.4, 0.5) is 9.93 Å². The number of aromatic amines is 1. The molecule has 1 atom stereocenters. The van der Waals surface area contributed by atoms with Crippen molar-refractivity contribution in [2.24, 2.45) is 0 Å². The molecule has 2 amide bonds. The minimum absolute atomic E-state index is 0.106. The molecule has 0 aliphatic heterocycles. The van der Waals surface area contributed by atoms with E-state index in [1.165, 1.54) is 24.0 Å². The molecule has 0 aromatic carbocycles. The Morgan fingerprint density at radius 2 is 2.45 bits per heavy atom. The first kappa shape index (κ1) is 12.9. The molecule has 3 N–H and O–H groups in total. The third kappa shape index (κ3) is 2.72. The molecule has 0 fully saturated rings. The van der Waals surface area contributed by atoms with Crippen molar-refractivity contribution in [2.75, 3.05) is 12.4 Å². The van der Waals surface area contributed by atoms with Crippen LogP contribution in [-0.4, -0.2) is 39.6 Å². The van der Waals surface area contributed by atoms with E-state index >= 15 is 0 Å². The topological polar surface area (TPSA) is 105 Å². The molecule has 8 nitrogen and oxygen atoms in total. The van der Waals surface area contributed by atoms with Gasteiger partial charge in [0.15, 0.2) is 0 Å². The molecule has 0 bridgehead atoms. The van der Waals surface area contributed by atoms with E-state index in [0.717, 1.165) is 25.0 Å². The summed E-state index contributed by atoms with van der Waals surface area (Å²) < 4.78 is 4.92. The highest BCUT2D eigenvalue weighted by atomic mass is 32.1. The highest BCUT2D eigenvalue weighted by molar-refractivity contribution is 7.17. The summed E-state index contributed by atoms with van der Waals surface area (Å²) in [4.78, 5) is 11.9. The standard InChI is InChI=1S/C11H14N6O2S/c1-19-11-17-16-10(20-11)14-9(18)13-7-2-3-8-6(4-7)5-12-15-8/h5,7H,2-4H2,1H3,(H,12,15)(H2,13,14,16,18)/t7-/m0/s1. The minimum Gasteiger partial charge on any atom is -0.472 e. The number of ether oxygens (including phenoxy) is 1. The summed E-state index contributed by atoms with van der Waals surface area (Å²) in [6, 6.07) is -0.171. The Morgan fingerprint density at radius 3 is 3.25 bits per heavy atom. The van der Waals surface area contributed by atoms with Gasteiger partial charge >= 0.3 is 6.03 Å². The fourth-order valence-corrected chi connectivity index (χ4v) is 2.76. The predicted molar refractivity (Wildman–Crippen MR) is 73.0 cm³/mol. The molecule has 106 valence electrons. The number of H-pyrrole nitrogens is 1. The van der Waals surface area contributed by atoms with E-state index in [9.17, 15) is 4.79 Å². The van der Waals surface area contributed by atoms with Crippen molar-refractivity contribution in [3.05, 3.63) is 17.5 Å². The van der Waals surface area contributed by atoms with Crippen molar-refractivity contribution in [1.82, 2.24) is 25.7 Å². The first-order valence-corrected chi connectivity index (χ1v) is 7.02. The largest absolute Gasteiger partial charge is 0.472 e. The first-order chi connectivity index (χ1) is 9.74. The Labute approximate surface area is 118 Å². The van der Waals surface area contributed by atoms with Crippen molar-refractivity contribution >= 4 is 22.5 Å². The summed E-state index contributed by atoms with van der Waals surface area (Å²) in [7, 11) is 1.51. The number of rotatable bonds is 3. The fourth-order valence-electron chi connectivity index (χ4n) is 2.20. The van der Waals surface area contributed by atoms with Crippen molar-refractivity contribution < 1.29 is 9.53 Å². The maximum atomic E-state index is 11.9. The number of amides is 2. The normalized spacial score (nSPS) is 17.4. The quantitative estimate of drug-likeness (QED) is 0.781. The number of aromatic nitrogens is 4. The van der Waals surface area contributed by atoms with Crippen LogP contribution in [-0.2, 0) is 12.8 Å². The average molecular weight is 294 g/mol. The lowest BCUT2D eigenvalue weighted by atomic mass is 9.94. The first-order valence-electron chi connectivity index (χ1n) is 6.20. The van der Waals surface area contributed by atoms with Gasteiger partial charge in [0.05, 0.1) is 13.3 Å². The zero-order valence-electron chi connectivity index (χ0n) is 10.8. The molecule has 0 saturated carbocycles. The Bertz CT molecular complexity index is 610. The number of anilines is 1. The molecule has 0 unspecified atom stereocenters. The number of nitrogens with zero attached hydrogens (tertiary/aromatic N) is 3. The van der Waals surface area contributed by atoms with Gasteiger partial charge in [0, 0.05) is 11.7 Å². The van der Waals surface area contributed by atoms with Crippen LogP contribution < -0.4 is 15.4 Å². The lowest BCUT2D eigenvalue weighted by molar-refractivity contribution is 0.247. The van der Waals surface area contributed by atoms with Gasteiger partial charge in [0.2, 0.25) is 5.13 Å². The highest BCUT2D eigenvalue weighted by Crippen LogP contribution is 2.22. The summed E-state index contributed by atoms with van der Waals surface area (Å²) in [5.41, 5.74) is 2.33. The second-order valence-corrected chi connectivity index (χ2v) is 5.43. The van der Waals surface area contributed by atoms with E-state index in [1.54, 1.807) is 0 Å². The third-order valence-corrected chi connectivity index (χ3v) is 3.95. The number of urea groups is 1. The maximum Gasteiger partial charge on any atom is 0.321 e. The molecule has 0 saturated heterocycles. The SMILES string of the molecule is COc1nnc(NC(=O)N[C@H]2CCc3[nH]ncc3C2)s1. The molecule has 2 aromatic rings. The van der Waals surface area contributed by atoms with Crippen LogP contribution >= 0.6 is 11.3 Å². The Balaban J connectivity index is 1.54. The second kappa shape index (κ2) is 5.45. The monoisotopic (exact) mass is 294 g/mol. The van der Waals surface area contributed by atoms with Gasteiger partial charge in [-0.05, 0) is 36.2 Å². The van der Waals surface area contributed by atoms with Crippen molar-refractivity contribution in [3.8, 4) is 5.19 Å². The summed E-state index contributed by atoms with van der Waals surface area (Å²) >= 11 is 1.18. The number of hydrogen-bond acceptors (Lipinski definition) is 6. The van der Waals surface area contributed by atoms with Gasteiger partial charge in [-0.3, -0.25) is 10.4 Å². The maximum absolute atomic E-state index is 11.9. The van der Waals surface area contributed by atoms with E-state index < -0.39 is 0 Å². The number of methoxy groups -OCH3 is 1. The van der Waals surface area contributed by atoms with Gasteiger partial charge in [-0.2, -0.15) is 5.10 Å². The van der Waals surface area contributed by atoms with E-state index in [0.29, 0.717) is 10.3 Å². The minimum atomic E-state index is -0.277. The van der Waals surface area contributed by atoms with Gasteiger partial charge in [-0.1, -0.05) is 5.10 Å². The van der Waals surface area contributed by atoms with Crippen molar-refractivity contribution in [2.45, 2.75) is 25.3 Å². The summed E-state index contributed by atoms with van der Waals surface area (Å²) in [6.07, 6.45) is 4.39. The number of aryl methyl sites for hydroxylation is 1. The Morgan fingerprint density at radius 1 is 1.55 bits per heavy atom. The summed E-state index contributed by atoms with van der Waals surface area (Å²) in [5, 5.41) is 21.0. The van der Waals surface area contributed by atoms with Gasteiger partial charge < -0.3 is 10.1 Å². The van der Waals surface area contributed by atoms with Crippen LogP contribution in [0, 0.1) is 0 Å². The fraction of sp³-hybridized carbons (Fsp3) is 0.455. The molecular formula is C11H14N6O2S. The van der Waals surface area contributed by atoms with E-state index in [2.05, 4.69) is 31.0 Å². The molecule has 1 aliphatic carbocycles. The lowest BCUT2D eigenvalue weighted by Gasteiger charge is -2.22. The summed E-state index contributed by atoms with van der Waals surface area (Å²) in [5.74, 6) is 0. The smallest absolute Gasteiger partial charge is 0.321 e. The predicted octanol–water partition coefficient (Wildman–Crippen LogP) is 0.949. The molecular weight excluding hydrogens is 280 g/mol. The molecule has 2 heterocycles. The van der Waals surface area contributed by atoms with E-state index in [1.807, 2.05) is 6.20 Å². The van der Waals surface area contributed by atoms with Crippen LogP contribution in [0.25, 0.3) is 0 Å². The number of hydrogen-bond donors (Lipinski definition) is 3. The van der Waals surface area contributed by atoms with E-state index in [4.69, 9.17) is 4.74 Å². The van der Waals surface area contributed by atoms with Crippen LogP contribution in [0.1, 0.15) is 17.7 Å². The van der Waals surface area contributed by atoms with Crippen molar-refractivity contribution in [3.63, 3.8) is 0 Å². The number of carbonyl (C=O) groups is 1. The Hall–Kier alpha value is -2.16. The molecule has 3 rings (SSSR count). The number of nitrogens with one attached hydrogen (secondary N) is 3. The molecule has 9 heteroatoms. The van der Waals surface area contributed by atoms with Crippen LogP contribution in [0.3, 0.4) is 0 Å². The molecule has 0 radical (unpaired) electrons. The molecule has 0 spiro atoms. The van der Waals surface area contributed by atoms with Crippen LogP contribution in [0.2, 0.25) is 0 Å². The lowest BCUT2D eigenvalue weighted by Crippen LogP contribution is -2.41. The van der Waals surface area contributed by atoms with E-state index in [-0.39, 0.29) is 12.1 Å². The van der Waals surface area contributed by atoms with Crippen LogP contribution in [0.5, 0.6) is 5.19 Å². The highest BCUT2D eigenvalue weighted by Gasteiger charge is 2.21. The van der Waals surface area contributed by atoms with Crippen LogP contribution in [0.15, 0.2) is 6.20 Å². The van der Waals surface area contributed by atoms with Gasteiger partial charge in [0.1, 0.15) is 0 Å². The Kier molecular flexibility index (Phi) is 3.50. The second-order valence-electron chi connectivity index (χ2n) is 4.49. The van der Waals surface area contributed by atoms with Gasteiger partial charge in [-0.25, -0.2) is 4.79 Å². The number of carbonyl (C=O) groups excluding carboxylic acids is 1. The van der Waals surface area contributed by atoms with Crippen molar-refractivity contribution in [1.29, 1.82) is 0 Å². The molecule has 20 heavy (non-hydrogen) atoms.